The van der Waals surface area contributed by atoms with Crippen LogP contribution in [0, 0.1) is 5.92 Å². The third-order valence-electron chi connectivity index (χ3n) is 2.34. The van der Waals surface area contributed by atoms with Gasteiger partial charge in [-0.05, 0) is 12.3 Å². The summed E-state index contributed by atoms with van der Waals surface area (Å²) in [6, 6.07) is 0. The normalized spacial score (nSPS) is 13.2. The lowest BCUT2D eigenvalue weighted by Crippen LogP contribution is -2.02. The third-order valence-corrected chi connectivity index (χ3v) is 2.34. The van der Waals surface area contributed by atoms with Gasteiger partial charge in [0.15, 0.2) is 0 Å². The van der Waals surface area contributed by atoms with E-state index >= 15 is 0 Å². The van der Waals surface area contributed by atoms with Gasteiger partial charge in [-0.15, -0.1) is 0 Å². The minimum atomic E-state index is 0. The number of hydrogen-bond donors (Lipinski definition) is 1. The van der Waals surface area contributed by atoms with Crippen molar-refractivity contribution < 1.29 is 1.43 Å². The zero-order valence-corrected chi connectivity index (χ0v) is 8.01. The van der Waals surface area contributed by atoms with Crippen LogP contribution in [0.15, 0.2) is 12.5 Å². The standard InChI is InChI=1S/C10H18N2.H2/c1-3-5-9(4-2)6-10-7-11-8-12-10;/h7-9H,3-6H2,1-2H3,(H,11,12);1H. The summed E-state index contributed by atoms with van der Waals surface area (Å²) in [7, 11) is 0. The first-order valence-electron chi connectivity index (χ1n) is 4.84. The van der Waals surface area contributed by atoms with E-state index in [4.69, 9.17) is 0 Å². The van der Waals surface area contributed by atoms with E-state index in [0.717, 1.165) is 12.3 Å². The predicted molar refractivity (Wildman–Crippen MR) is 53.1 cm³/mol. The maximum absolute atomic E-state index is 4.01. The van der Waals surface area contributed by atoms with Gasteiger partial charge >= 0.3 is 0 Å². The van der Waals surface area contributed by atoms with Crippen molar-refractivity contribution in [3.63, 3.8) is 0 Å². The van der Waals surface area contributed by atoms with Gasteiger partial charge in [0, 0.05) is 13.3 Å². The molecule has 1 atom stereocenters. The van der Waals surface area contributed by atoms with Gasteiger partial charge < -0.3 is 4.98 Å². The van der Waals surface area contributed by atoms with Gasteiger partial charge in [-0.25, -0.2) is 4.98 Å². The molecule has 0 saturated carbocycles. The highest BCUT2D eigenvalue weighted by atomic mass is 14.9. The molecule has 2 heteroatoms. The Morgan fingerprint density at radius 2 is 2.42 bits per heavy atom. The van der Waals surface area contributed by atoms with E-state index in [0.29, 0.717) is 0 Å². The van der Waals surface area contributed by atoms with Crippen molar-refractivity contribution in [1.82, 2.24) is 9.97 Å². The second kappa shape index (κ2) is 4.96. The van der Waals surface area contributed by atoms with Crippen molar-refractivity contribution in [3.8, 4) is 0 Å². The van der Waals surface area contributed by atoms with Crippen molar-refractivity contribution >= 4 is 0 Å². The van der Waals surface area contributed by atoms with Crippen LogP contribution in [0.5, 0.6) is 0 Å². The Bertz CT molecular complexity index is 197. The fourth-order valence-corrected chi connectivity index (χ4v) is 1.57. The minimum Gasteiger partial charge on any atom is -0.348 e. The van der Waals surface area contributed by atoms with Crippen molar-refractivity contribution in [2.75, 3.05) is 0 Å². The molecular weight excluding hydrogens is 148 g/mol. The van der Waals surface area contributed by atoms with Crippen LogP contribution < -0.4 is 0 Å². The van der Waals surface area contributed by atoms with E-state index in [1.165, 1.54) is 25.0 Å². The largest absolute Gasteiger partial charge is 0.348 e. The first kappa shape index (κ1) is 9.30. The lowest BCUT2D eigenvalue weighted by molar-refractivity contribution is 0.458. The maximum Gasteiger partial charge on any atom is 0.0921 e. The Morgan fingerprint density at radius 3 is 2.92 bits per heavy atom. The van der Waals surface area contributed by atoms with E-state index in [2.05, 4.69) is 23.8 Å². The third kappa shape index (κ3) is 2.68. The molecule has 0 aliphatic rings. The Labute approximate surface area is 75.9 Å². The molecule has 1 rings (SSSR count). The van der Waals surface area contributed by atoms with Gasteiger partial charge in [0.25, 0.3) is 0 Å². The highest BCUT2D eigenvalue weighted by Crippen LogP contribution is 2.15. The lowest BCUT2D eigenvalue weighted by Gasteiger charge is -2.11. The number of rotatable bonds is 5. The summed E-state index contributed by atoms with van der Waals surface area (Å²) in [4.78, 5) is 7.16. The Morgan fingerprint density at radius 1 is 1.58 bits per heavy atom. The summed E-state index contributed by atoms with van der Waals surface area (Å²) in [5.41, 5.74) is 1.27. The van der Waals surface area contributed by atoms with Gasteiger partial charge in [0.05, 0.1) is 6.33 Å². The number of nitrogens with one attached hydrogen (secondary N) is 1. The monoisotopic (exact) mass is 168 g/mol. The molecule has 0 bridgehead atoms. The van der Waals surface area contributed by atoms with Crippen molar-refractivity contribution in [2.24, 2.45) is 5.92 Å². The summed E-state index contributed by atoms with van der Waals surface area (Å²) in [5.74, 6) is 0.829. The average molecular weight is 168 g/mol. The highest BCUT2D eigenvalue weighted by molar-refractivity contribution is 4.95. The van der Waals surface area contributed by atoms with Crippen LogP contribution in [-0.4, -0.2) is 9.97 Å². The molecule has 1 N–H and O–H groups in total. The SMILES string of the molecule is CCCC(CC)Cc1cnc[nH]1.[HH]. The fraction of sp³-hybridized carbons (Fsp3) is 0.700. The fourth-order valence-electron chi connectivity index (χ4n) is 1.57. The van der Waals surface area contributed by atoms with E-state index in [1.807, 2.05) is 6.20 Å². The smallest absolute Gasteiger partial charge is 0.0921 e. The maximum atomic E-state index is 4.01. The lowest BCUT2D eigenvalue weighted by atomic mass is 9.96. The molecule has 0 radical (unpaired) electrons. The molecule has 0 aromatic carbocycles. The number of nitrogens with zero attached hydrogens (tertiary/aromatic N) is 1. The van der Waals surface area contributed by atoms with Crippen molar-refractivity contribution in [3.05, 3.63) is 18.2 Å². The first-order chi connectivity index (χ1) is 5.86. The molecular formula is C10H20N2. The summed E-state index contributed by atoms with van der Waals surface area (Å²) >= 11 is 0. The van der Waals surface area contributed by atoms with E-state index in [-0.39, 0.29) is 1.43 Å². The molecule has 1 aromatic heterocycles. The van der Waals surface area contributed by atoms with Crippen LogP contribution in [0.2, 0.25) is 0 Å². The first-order valence-corrected chi connectivity index (χ1v) is 4.84. The van der Waals surface area contributed by atoms with E-state index in [9.17, 15) is 0 Å². The van der Waals surface area contributed by atoms with Crippen LogP contribution in [0.4, 0.5) is 0 Å². The molecule has 1 unspecified atom stereocenters. The topological polar surface area (TPSA) is 28.7 Å². The Balaban J connectivity index is 0.00000144. The van der Waals surface area contributed by atoms with Gasteiger partial charge in [-0.1, -0.05) is 33.1 Å². The second-order valence-corrected chi connectivity index (χ2v) is 3.34. The van der Waals surface area contributed by atoms with E-state index < -0.39 is 0 Å². The Kier molecular flexibility index (Phi) is 3.85. The van der Waals surface area contributed by atoms with Crippen LogP contribution >= 0.6 is 0 Å². The minimum absolute atomic E-state index is 0. The number of imidazole rings is 1. The number of H-pyrrole nitrogens is 1. The molecule has 12 heavy (non-hydrogen) atoms. The molecule has 0 aliphatic heterocycles. The van der Waals surface area contributed by atoms with Gasteiger partial charge in [-0.2, -0.15) is 0 Å². The molecule has 1 heterocycles. The Hall–Kier alpha value is -0.790. The molecule has 0 spiro atoms. The predicted octanol–water partition coefficient (Wildman–Crippen LogP) is 3.02. The molecule has 1 aromatic rings. The molecule has 0 amide bonds. The van der Waals surface area contributed by atoms with E-state index in [1.54, 1.807) is 6.33 Å². The molecule has 70 valence electrons. The number of aromatic amines is 1. The zero-order chi connectivity index (χ0) is 8.81. The summed E-state index contributed by atoms with van der Waals surface area (Å²) in [6.45, 7) is 4.51. The molecule has 2 nitrogen and oxygen atoms in total. The van der Waals surface area contributed by atoms with Gasteiger partial charge in [0.1, 0.15) is 0 Å². The van der Waals surface area contributed by atoms with Crippen molar-refractivity contribution in [1.29, 1.82) is 0 Å². The number of hydrogen-bond acceptors (Lipinski definition) is 1. The average Bonchev–Trinajstić information content (AvgIpc) is 2.56. The molecule has 0 aliphatic carbocycles. The quantitative estimate of drug-likeness (QED) is 0.719. The molecule has 0 fully saturated rings. The summed E-state index contributed by atoms with van der Waals surface area (Å²) < 4.78 is 0. The summed E-state index contributed by atoms with van der Waals surface area (Å²) in [6.07, 6.45) is 8.73. The van der Waals surface area contributed by atoms with Gasteiger partial charge in [0.2, 0.25) is 0 Å². The van der Waals surface area contributed by atoms with Gasteiger partial charge in [-0.3, -0.25) is 0 Å². The molecule has 0 saturated heterocycles. The van der Waals surface area contributed by atoms with Crippen LogP contribution in [-0.2, 0) is 6.42 Å². The number of aromatic nitrogens is 2. The zero-order valence-electron chi connectivity index (χ0n) is 8.01. The van der Waals surface area contributed by atoms with Crippen LogP contribution in [0.25, 0.3) is 0 Å². The van der Waals surface area contributed by atoms with Crippen LogP contribution in [0.1, 0.15) is 40.2 Å². The summed E-state index contributed by atoms with van der Waals surface area (Å²) in [5, 5.41) is 0. The van der Waals surface area contributed by atoms with Crippen LogP contribution in [0.3, 0.4) is 0 Å². The second-order valence-electron chi connectivity index (χ2n) is 3.34. The highest BCUT2D eigenvalue weighted by Gasteiger charge is 2.06. The van der Waals surface area contributed by atoms with Crippen molar-refractivity contribution in [2.45, 2.75) is 39.5 Å².